The zero-order valence-corrected chi connectivity index (χ0v) is 9.81. The fourth-order valence-corrected chi connectivity index (χ4v) is 2.50. The lowest BCUT2D eigenvalue weighted by atomic mass is 9.92. The number of hydrogen-bond acceptors (Lipinski definition) is 4. The highest BCUT2D eigenvalue weighted by molar-refractivity contribution is 5.54. The van der Waals surface area contributed by atoms with Crippen LogP contribution in [0.1, 0.15) is 43.1 Å². The second-order valence-electron chi connectivity index (χ2n) is 4.43. The summed E-state index contributed by atoms with van der Waals surface area (Å²) in [5.41, 5.74) is 1.89. The van der Waals surface area contributed by atoms with E-state index in [1.165, 1.54) is 0 Å². The van der Waals surface area contributed by atoms with E-state index in [0.717, 1.165) is 35.5 Å². The molecule has 0 saturated heterocycles. The molecule has 0 saturated carbocycles. The predicted molar refractivity (Wildman–Crippen MR) is 61.1 cm³/mol. The van der Waals surface area contributed by atoms with Crippen LogP contribution >= 0.6 is 0 Å². The van der Waals surface area contributed by atoms with Crippen molar-refractivity contribution >= 4 is 0 Å². The van der Waals surface area contributed by atoms with Crippen LogP contribution in [-0.2, 0) is 4.74 Å². The first-order chi connectivity index (χ1) is 8.31. The monoisotopic (exact) mass is 236 g/mol. The average molecular weight is 236 g/mol. The smallest absolute Gasteiger partial charge is 0.231 e. The van der Waals surface area contributed by atoms with Gasteiger partial charge in [0.15, 0.2) is 11.5 Å². The molecule has 4 nitrogen and oxygen atoms in total. The largest absolute Gasteiger partial charge is 0.454 e. The molecule has 0 amide bonds. The third-order valence-corrected chi connectivity index (χ3v) is 3.30. The Labute approximate surface area is 100 Å². The van der Waals surface area contributed by atoms with Gasteiger partial charge in [0.1, 0.15) is 6.10 Å². The minimum absolute atomic E-state index is 0.00931. The van der Waals surface area contributed by atoms with Gasteiger partial charge in [-0.05, 0) is 18.1 Å². The molecule has 2 aliphatic rings. The van der Waals surface area contributed by atoms with Crippen LogP contribution in [0.5, 0.6) is 11.5 Å². The Morgan fingerprint density at radius 3 is 3.06 bits per heavy atom. The minimum atomic E-state index is -0.562. The maximum Gasteiger partial charge on any atom is 0.231 e. The first kappa shape index (κ1) is 10.9. The van der Waals surface area contributed by atoms with Gasteiger partial charge in [-0.15, -0.1) is 0 Å². The summed E-state index contributed by atoms with van der Waals surface area (Å²) >= 11 is 0. The first-order valence-electron chi connectivity index (χ1n) is 6.03. The highest BCUT2D eigenvalue weighted by Crippen LogP contribution is 2.47. The molecule has 1 aromatic rings. The Morgan fingerprint density at radius 2 is 2.24 bits per heavy atom. The first-order valence-corrected chi connectivity index (χ1v) is 6.03. The summed E-state index contributed by atoms with van der Waals surface area (Å²) in [4.78, 5) is 0. The van der Waals surface area contributed by atoms with Gasteiger partial charge >= 0.3 is 0 Å². The van der Waals surface area contributed by atoms with Gasteiger partial charge in [-0.1, -0.05) is 19.4 Å². The van der Waals surface area contributed by atoms with E-state index in [1.54, 1.807) is 0 Å². The van der Waals surface area contributed by atoms with Crippen molar-refractivity contribution in [3.05, 3.63) is 23.3 Å². The van der Waals surface area contributed by atoms with Crippen molar-refractivity contribution in [2.45, 2.75) is 32.0 Å². The van der Waals surface area contributed by atoms with E-state index in [0.29, 0.717) is 6.61 Å². The van der Waals surface area contributed by atoms with Crippen molar-refractivity contribution in [3.63, 3.8) is 0 Å². The van der Waals surface area contributed by atoms with Crippen LogP contribution in [0, 0.1) is 0 Å². The number of aliphatic hydroxyl groups is 1. The van der Waals surface area contributed by atoms with E-state index in [2.05, 4.69) is 6.92 Å². The number of hydrogen-bond donors (Lipinski definition) is 1. The minimum Gasteiger partial charge on any atom is -0.454 e. The van der Waals surface area contributed by atoms with Gasteiger partial charge in [-0.2, -0.15) is 0 Å². The summed E-state index contributed by atoms with van der Waals surface area (Å²) in [7, 11) is 0. The van der Waals surface area contributed by atoms with Crippen LogP contribution < -0.4 is 9.47 Å². The third-order valence-electron chi connectivity index (χ3n) is 3.30. The number of aliphatic hydroxyl groups excluding tert-OH is 1. The maximum atomic E-state index is 9.96. The second-order valence-corrected chi connectivity index (χ2v) is 4.43. The molecule has 2 heterocycles. The van der Waals surface area contributed by atoms with E-state index in [-0.39, 0.29) is 12.9 Å². The summed E-state index contributed by atoms with van der Waals surface area (Å²) < 4.78 is 16.6. The molecule has 0 bridgehead atoms. The number of benzene rings is 1. The summed E-state index contributed by atoms with van der Waals surface area (Å²) in [6, 6.07) is 3.78. The van der Waals surface area contributed by atoms with Crippen LogP contribution in [0.15, 0.2) is 12.1 Å². The molecule has 1 aromatic carbocycles. The van der Waals surface area contributed by atoms with Gasteiger partial charge in [0.2, 0.25) is 6.79 Å². The quantitative estimate of drug-likeness (QED) is 0.856. The van der Waals surface area contributed by atoms with E-state index in [9.17, 15) is 5.11 Å². The van der Waals surface area contributed by atoms with Crippen LogP contribution in [0.2, 0.25) is 0 Å². The molecule has 0 aromatic heterocycles. The number of ether oxygens (including phenoxy) is 3. The normalized spacial score (nSPS) is 25.8. The number of fused-ring (bicyclic) bond motifs is 3. The van der Waals surface area contributed by atoms with Crippen LogP contribution in [0.3, 0.4) is 0 Å². The van der Waals surface area contributed by atoms with E-state index >= 15 is 0 Å². The molecule has 4 heteroatoms. The van der Waals surface area contributed by atoms with Gasteiger partial charge in [0.25, 0.3) is 0 Å². The standard InChI is InChI=1S/C13H16O4/c1-2-3-10-12-8(9(14)6-15-10)4-5-11-13(12)17-7-16-11/h4-5,9-10,14H,2-3,6-7H2,1H3/t9-,10-/m0/s1. The Kier molecular flexibility index (Phi) is 2.68. The molecule has 0 spiro atoms. The SMILES string of the molecule is CCC[C@@H]1OC[C@H](O)c2ccc3c(c21)OCO3. The topological polar surface area (TPSA) is 47.9 Å². The van der Waals surface area contributed by atoms with Gasteiger partial charge < -0.3 is 19.3 Å². The van der Waals surface area contributed by atoms with Gasteiger partial charge in [-0.3, -0.25) is 0 Å². The molecule has 92 valence electrons. The van der Waals surface area contributed by atoms with E-state index in [4.69, 9.17) is 14.2 Å². The summed E-state index contributed by atoms with van der Waals surface area (Å²) in [5, 5.41) is 9.96. The maximum absolute atomic E-state index is 9.96. The van der Waals surface area contributed by atoms with Crippen molar-refractivity contribution in [3.8, 4) is 11.5 Å². The lowest BCUT2D eigenvalue weighted by Gasteiger charge is -2.30. The molecule has 0 aliphatic carbocycles. The van der Waals surface area contributed by atoms with Crippen molar-refractivity contribution in [2.24, 2.45) is 0 Å². The van der Waals surface area contributed by atoms with Crippen molar-refractivity contribution in [2.75, 3.05) is 13.4 Å². The van der Waals surface area contributed by atoms with Crippen LogP contribution in [0.4, 0.5) is 0 Å². The molecular formula is C13H16O4. The fourth-order valence-electron chi connectivity index (χ4n) is 2.50. The van der Waals surface area contributed by atoms with Crippen LogP contribution in [-0.4, -0.2) is 18.5 Å². The molecule has 17 heavy (non-hydrogen) atoms. The molecular weight excluding hydrogens is 220 g/mol. The zero-order chi connectivity index (χ0) is 11.8. The molecule has 2 aliphatic heterocycles. The number of rotatable bonds is 2. The summed E-state index contributed by atoms with van der Waals surface area (Å²) in [5.74, 6) is 1.50. The molecule has 0 fully saturated rings. The highest BCUT2D eigenvalue weighted by atomic mass is 16.7. The molecule has 0 unspecified atom stereocenters. The van der Waals surface area contributed by atoms with Crippen molar-refractivity contribution < 1.29 is 19.3 Å². The van der Waals surface area contributed by atoms with Crippen molar-refractivity contribution in [1.82, 2.24) is 0 Å². The fraction of sp³-hybridized carbons (Fsp3) is 0.538. The Bertz CT molecular complexity index is 430. The summed E-state index contributed by atoms with van der Waals surface area (Å²) in [6.07, 6.45) is 1.41. The van der Waals surface area contributed by atoms with Gasteiger partial charge in [0.05, 0.1) is 12.7 Å². The third kappa shape index (κ3) is 1.68. The Hall–Kier alpha value is -1.26. The van der Waals surface area contributed by atoms with Crippen molar-refractivity contribution in [1.29, 1.82) is 0 Å². The second kappa shape index (κ2) is 4.20. The highest BCUT2D eigenvalue weighted by Gasteiger charge is 2.33. The lowest BCUT2D eigenvalue weighted by Crippen LogP contribution is -2.21. The molecule has 0 radical (unpaired) electrons. The molecule has 1 N–H and O–H groups in total. The van der Waals surface area contributed by atoms with E-state index < -0.39 is 6.10 Å². The van der Waals surface area contributed by atoms with E-state index in [1.807, 2.05) is 12.1 Å². The molecule has 2 atom stereocenters. The Balaban J connectivity index is 2.09. The lowest BCUT2D eigenvalue weighted by molar-refractivity contribution is -0.0350. The van der Waals surface area contributed by atoms with Crippen LogP contribution in [0.25, 0.3) is 0 Å². The molecule has 3 rings (SSSR count). The summed E-state index contributed by atoms with van der Waals surface area (Å²) in [6.45, 7) is 2.73. The van der Waals surface area contributed by atoms with Gasteiger partial charge in [0, 0.05) is 5.56 Å². The zero-order valence-electron chi connectivity index (χ0n) is 9.81. The Morgan fingerprint density at radius 1 is 1.35 bits per heavy atom. The predicted octanol–water partition coefficient (Wildman–Crippen LogP) is 2.32. The average Bonchev–Trinajstić information content (AvgIpc) is 2.80. The van der Waals surface area contributed by atoms with Gasteiger partial charge in [-0.25, -0.2) is 0 Å².